The number of carbonyl (C=O) groups is 1. The third kappa shape index (κ3) is 5.29. The SMILES string of the molecule is NS(=O)(=O)c1ccc(CCNC(=O)c2nc3ccccc3n(-c3cccc(C(F)(F)F)c3)c2=O)cc1. The molecule has 1 heterocycles. The van der Waals surface area contributed by atoms with Crippen LogP contribution in [0, 0.1) is 0 Å². The fourth-order valence-corrected chi connectivity index (χ4v) is 4.12. The molecule has 3 N–H and O–H groups in total. The van der Waals surface area contributed by atoms with Crippen LogP contribution in [0.2, 0.25) is 0 Å². The minimum absolute atomic E-state index is 0.0502. The maximum absolute atomic E-state index is 13.3. The zero-order valence-electron chi connectivity index (χ0n) is 18.5. The molecule has 0 radical (unpaired) electrons. The number of nitrogens with one attached hydrogen (secondary N) is 1. The molecule has 8 nitrogen and oxygen atoms in total. The number of hydrogen-bond donors (Lipinski definition) is 2. The first-order valence-corrected chi connectivity index (χ1v) is 12.1. The lowest BCUT2D eigenvalue weighted by atomic mass is 10.1. The van der Waals surface area contributed by atoms with Crippen LogP contribution in [0.15, 0.2) is 82.5 Å². The van der Waals surface area contributed by atoms with Crippen molar-refractivity contribution in [2.75, 3.05) is 6.54 Å². The zero-order chi connectivity index (χ0) is 26.1. The average molecular weight is 517 g/mol. The summed E-state index contributed by atoms with van der Waals surface area (Å²) in [5.74, 6) is -0.798. The van der Waals surface area contributed by atoms with Gasteiger partial charge < -0.3 is 5.32 Å². The smallest absolute Gasteiger partial charge is 0.350 e. The second kappa shape index (κ2) is 9.55. The minimum atomic E-state index is -4.62. The number of fused-ring (bicyclic) bond motifs is 1. The highest BCUT2D eigenvalue weighted by atomic mass is 32.2. The molecule has 0 aliphatic heterocycles. The van der Waals surface area contributed by atoms with Crippen LogP contribution in [-0.4, -0.2) is 30.4 Å². The van der Waals surface area contributed by atoms with Crippen molar-refractivity contribution in [3.8, 4) is 5.69 Å². The van der Waals surface area contributed by atoms with Gasteiger partial charge in [-0.15, -0.1) is 0 Å². The maximum atomic E-state index is 13.3. The van der Waals surface area contributed by atoms with Crippen LogP contribution >= 0.6 is 0 Å². The van der Waals surface area contributed by atoms with Gasteiger partial charge in [-0.1, -0.05) is 30.3 Å². The van der Waals surface area contributed by atoms with Crippen LogP contribution in [-0.2, 0) is 22.6 Å². The van der Waals surface area contributed by atoms with Crippen LogP contribution < -0.4 is 16.0 Å². The number of halogens is 3. The van der Waals surface area contributed by atoms with E-state index < -0.39 is 38.9 Å². The highest BCUT2D eigenvalue weighted by Gasteiger charge is 2.31. The fraction of sp³-hybridized carbons (Fsp3) is 0.125. The number of nitrogens with two attached hydrogens (primary N) is 1. The second-order valence-corrected chi connectivity index (χ2v) is 9.39. The van der Waals surface area contributed by atoms with Gasteiger partial charge in [-0.3, -0.25) is 14.2 Å². The lowest BCUT2D eigenvalue weighted by Gasteiger charge is -2.14. The molecule has 36 heavy (non-hydrogen) atoms. The Bertz CT molecular complexity index is 1620. The molecule has 4 aromatic rings. The molecule has 0 saturated heterocycles. The molecule has 0 bridgehead atoms. The number of sulfonamides is 1. The predicted molar refractivity (Wildman–Crippen MR) is 126 cm³/mol. The number of primary sulfonamides is 1. The number of alkyl halides is 3. The number of carbonyl (C=O) groups excluding carboxylic acids is 1. The molecule has 1 aromatic heterocycles. The van der Waals surface area contributed by atoms with Crippen LogP contribution in [0.25, 0.3) is 16.7 Å². The van der Waals surface area contributed by atoms with Crippen molar-refractivity contribution < 1.29 is 26.4 Å². The van der Waals surface area contributed by atoms with Crippen molar-refractivity contribution in [3.05, 3.63) is 100.0 Å². The Balaban J connectivity index is 1.64. The van der Waals surface area contributed by atoms with E-state index in [4.69, 9.17) is 5.14 Å². The Kier molecular flexibility index (Phi) is 6.65. The van der Waals surface area contributed by atoms with Gasteiger partial charge in [-0.25, -0.2) is 18.5 Å². The summed E-state index contributed by atoms with van der Waals surface area (Å²) in [7, 11) is -3.83. The second-order valence-electron chi connectivity index (χ2n) is 7.83. The molecule has 0 aliphatic carbocycles. The van der Waals surface area contributed by atoms with Gasteiger partial charge in [0.2, 0.25) is 10.0 Å². The number of hydrogen-bond acceptors (Lipinski definition) is 5. The van der Waals surface area contributed by atoms with E-state index in [0.717, 1.165) is 16.7 Å². The van der Waals surface area contributed by atoms with Gasteiger partial charge in [0.15, 0.2) is 5.69 Å². The number of rotatable bonds is 6. The normalized spacial score (nSPS) is 12.0. The van der Waals surface area contributed by atoms with E-state index in [-0.39, 0.29) is 28.2 Å². The molecule has 0 fully saturated rings. The summed E-state index contributed by atoms with van der Waals surface area (Å²) in [6.07, 6.45) is -4.30. The summed E-state index contributed by atoms with van der Waals surface area (Å²) < 4.78 is 63.5. The van der Waals surface area contributed by atoms with Gasteiger partial charge >= 0.3 is 6.18 Å². The molecule has 0 spiro atoms. The van der Waals surface area contributed by atoms with Gasteiger partial charge in [0.05, 0.1) is 21.5 Å². The topological polar surface area (TPSA) is 124 Å². The van der Waals surface area contributed by atoms with Crippen LogP contribution in [0.3, 0.4) is 0 Å². The maximum Gasteiger partial charge on any atom is 0.416 e. The minimum Gasteiger partial charge on any atom is -0.350 e. The van der Waals surface area contributed by atoms with Crippen molar-refractivity contribution in [3.63, 3.8) is 0 Å². The van der Waals surface area contributed by atoms with Gasteiger partial charge in [0.25, 0.3) is 11.5 Å². The Morgan fingerprint density at radius 2 is 1.69 bits per heavy atom. The molecule has 3 aromatic carbocycles. The standard InChI is InChI=1S/C24H19F3N4O4S/c25-24(26,27)16-4-3-5-17(14-16)31-20-7-2-1-6-19(20)30-21(23(31)33)22(32)29-13-12-15-8-10-18(11-9-15)36(28,34)35/h1-11,14H,12-13H2,(H,29,32)(H2,28,34,35). The lowest BCUT2D eigenvalue weighted by molar-refractivity contribution is -0.137. The van der Waals surface area contributed by atoms with Gasteiger partial charge in [0.1, 0.15) is 0 Å². The molecule has 0 saturated carbocycles. The van der Waals surface area contributed by atoms with E-state index in [2.05, 4.69) is 10.3 Å². The lowest BCUT2D eigenvalue weighted by Crippen LogP contribution is -2.35. The van der Waals surface area contributed by atoms with Gasteiger partial charge in [0, 0.05) is 12.2 Å². The van der Waals surface area contributed by atoms with Crippen molar-refractivity contribution in [2.45, 2.75) is 17.5 Å². The Labute approximate surface area is 203 Å². The first kappa shape index (κ1) is 25.1. The summed E-state index contributed by atoms with van der Waals surface area (Å²) in [6, 6.07) is 16.3. The molecule has 0 atom stereocenters. The summed E-state index contributed by atoms with van der Waals surface area (Å²) in [5, 5.41) is 7.64. The largest absolute Gasteiger partial charge is 0.416 e. The van der Waals surface area contributed by atoms with E-state index in [1.165, 1.54) is 30.3 Å². The zero-order valence-corrected chi connectivity index (χ0v) is 19.3. The molecule has 0 aliphatic rings. The third-order valence-corrected chi connectivity index (χ3v) is 6.29. The molecule has 1 amide bonds. The summed E-state index contributed by atoms with van der Waals surface area (Å²) >= 11 is 0. The van der Waals surface area contributed by atoms with Crippen LogP contribution in [0.5, 0.6) is 0 Å². The average Bonchev–Trinajstić information content (AvgIpc) is 2.83. The number of nitrogens with zero attached hydrogens (tertiary/aromatic N) is 2. The quantitative estimate of drug-likeness (QED) is 0.408. The number of aromatic nitrogens is 2. The highest BCUT2D eigenvalue weighted by molar-refractivity contribution is 7.89. The summed E-state index contributed by atoms with van der Waals surface area (Å²) in [4.78, 5) is 30.2. The van der Waals surface area contributed by atoms with Crippen molar-refractivity contribution in [2.24, 2.45) is 5.14 Å². The Morgan fingerprint density at radius 3 is 2.36 bits per heavy atom. The monoisotopic (exact) mass is 516 g/mol. The van der Waals surface area contributed by atoms with E-state index in [0.29, 0.717) is 12.0 Å². The highest BCUT2D eigenvalue weighted by Crippen LogP contribution is 2.30. The number of para-hydroxylation sites is 2. The first-order chi connectivity index (χ1) is 16.9. The van der Waals surface area contributed by atoms with Crippen molar-refractivity contribution >= 4 is 27.0 Å². The Hall–Kier alpha value is -4.03. The summed E-state index contributed by atoms with van der Waals surface area (Å²) in [6.45, 7) is 0.0884. The predicted octanol–water partition coefficient (Wildman–Crippen LogP) is 3.02. The van der Waals surface area contributed by atoms with Crippen LogP contribution in [0.4, 0.5) is 13.2 Å². The summed E-state index contributed by atoms with van der Waals surface area (Å²) in [5.41, 5.74) is -1.15. The molecule has 0 unspecified atom stereocenters. The third-order valence-electron chi connectivity index (χ3n) is 5.36. The Morgan fingerprint density at radius 1 is 1.00 bits per heavy atom. The molecule has 186 valence electrons. The molecule has 12 heteroatoms. The molecular weight excluding hydrogens is 497 g/mol. The number of amides is 1. The van der Waals surface area contributed by atoms with Crippen molar-refractivity contribution in [1.82, 2.24) is 14.9 Å². The van der Waals surface area contributed by atoms with E-state index in [9.17, 15) is 31.2 Å². The fourth-order valence-electron chi connectivity index (χ4n) is 3.61. The van der Waals surface area contributed by atoms with E-state index in [1.54, 1.807) is 30.3 Å². The molecule has 4 rings (SSSR count). The van der Waals surface area contributed by atoms with Gasteiger partial charge in [-0.2, -0.15) is 13.2 Å². The van der Waals surface area contributed by atoms with Crippen LogP contribution in [0.1, 0.15) is 21.6 Å². The van der Waals surface area contributed by atoms with E-state index in [1.807, 2.05) is 0 Å². The first-order valence-electron chi connectivity index (χ1n) is 10.5. The number of benzene rings is 3. The van der Waals surface area contributed by atoms with Crippen molar-refractivity contribution in [1.29, 1.82) is 0 Å². The van der Waals surface area contributed by atoms with Gasteiger partial charge in [-0.05, 0) is 54.4 Å². The molecular formula is C24H19F3N4O4S. The van der Waals surface area contributed by atoms with E-state index >= 15 is 0 Å².